The normalized spacial score (nSPS) is 19.5. The molecule has 26 heavy (non-hydrogen) atoms. The summed E-state index contributed by atoms with van der Waals surface area (Å²) < 4.78 is 40.3. The molecule has 0 spiro atoms. The fourth-order valence-electron chi connectivity index (χ4n) is 2.74. The van der Waals surface area contributed by atoms with E-state index >= 15 is 0 Å². The molecule has 2 atom stereocenters. The zero-order valence-electron chi connectivity index (χ0n) is 13.0. The van der Waals surface area contributed by atoms with Gasteiger partial charge in [0, 0.05) is 22.7 Å². The summed E-state index contributed by atoms with van der Waals surface area (Å²) in [5.74, 6) is -3.17. The first kappa shape index (κ1) is 18.7. The Balaban J connectivity index is 1.97. The molecule has 0 fully saturated rings. The molecule has 0 aliphatic carbocycles. The molecule has 0 amide bonds. The highest BCUT2D eigenvalue weighted by molar-refractivity contribution is 7.99. The Morgan fingerprint density at radius 2 is 2.12 bits per heavy atom. The predicted octanol–water partition coefficient (Wildman–Crippen LogP) is 3.72. The summed E-state index contributed by atoms with van der Waals surface area (Å²) in [5.41, 5.74) is 0.542. The minimum Gasteiger partial charge on any atom is -0.618 e. The number of carboxylic acids is 1. The zero-order chi connectivity index (χ0) is 19.1. The third-order valence-electron chi connectivity index (χ3n) is 3.98. The summed E-state index contributed by atoms with van der Waals surface area (Å²) in [6, 6.07) is 5.40. The van der Waals surface area contributed by atoms with E-state index in [1.165, 1.54) is 18.3 Å². The molecule has 2 N–H and O–H groups in total. The molecule has 1 aliphatic rings. The minimum atomic E-state index is -4.72. The van der Waals surface area contributed by atoms with Gasteiger partial charge in [-0.25, -0.2) is 0 Å². The van der Waals surface area contributed by atoms with Crippen LogP contribution in [0, 0.1) is 11.1 Å². The van der Waals surface area contributed by atoms with E-state index in [0.717, 1.165) is 11.8 Å². The van der Waals surface area contributed by atoms with Crippen LogP contribution in [0.4, 0.5) is 18.9 Å². The number of pyridine rings is 1. The molecule has 0 saturated carbocycles. The highest BCUT2D eigenvalue weighted by Gasteiger charge is 2.50. The lowest BCUT2D eigenvalue weighted by Crippen LogP contribution is -2.49. The van der Waals surface area contributed by atoms with Crippen LogP contribution in [0.3, 0.4) is 0 Å². The summed E-state index contributed by atoms with van der Waals surface area (Å²) in [7, 11) is 0. The van der Waals surface area contributed by atoms with Gasteiger partial charge in [0.15, 0.2) is 6.20 Å². The van der Waals surface area contributed by atoms with Crippen molar-refractivity contribution in [2.75, 3.05) is 5.32 Å². The zero-order valence-corrected chi connectivity index (χ0v) is 14.5. The van der Waals surface area contributed by atoms with Gasteiger partial charge in [-0.3, -0.25) is 4.79 Å². The minimum absolute atomic E-state index is 0.158. The highest BCUT2D eigenvalue weighted by atomic mass is 35.5. The van der Waals surface area contributed by atoms with Gasteiger partial charge in [-0.2, -0.15) is 17.9 Å². The van der Waals surface area contributed by atoms with E-state index in [4.69, 9.17) is 16.7 Å². The van der Waals surface area contributed by atoms with Crippen LogP contribution < -0.4 is 10.0 Å². The second-order valence-corrected chi connectivity index (χ2v) is 7.19. The summed E-state index contributed by atoms with van der Waals surface area (Å²) in [5, 5.41) is 23.7. The van der Waals surface area contributed by atoms with Crippen molar-refractivity contribution >= 4 is 35.0 Å². The van der Waals surface area contributed by atoms with Gasteiger partial charge in [-0.05, 0) is 41.9 Å². The van der Waals surface area contributed by atoms with Crippen molar-refractivity contribution in [1.29, 1.82) is 0 Å². The fraction of sp³-hybridized carbons (Fsp3) is 0.250. The van der Waals surface area contributed by atoms with Crippen molar-refractivity contribution in [3.8, 4) is 0 Å². The van der Waals surface area contributed by atoms with Gasteiger partial charge in [0.1, 0.15) is 6.04 Å². The highest BCUT2D eigenvalue weighted by Crippen LogP contribution is 2.41. The van der Waals surface area contributed by atoms with Crippen molar-refractivity contribution in [3.63, 3.8) is 0 Å². The number of carboxylic acid groups (broad SMARTS) is 1. The Morgan fingerprint density at radius 3 is 2.73 bits per heavy atom. The fourth-order valence-corrected chi connectivity index (χ4v) is 3.90. The van der Waals surface area contributed by atoms with Crippen molar-refractivity contribution in [2.45, 2.75) is 28.6 Å². The lowest BCUT2D eigenvalue weighted by atomic mass is 9.87. The lowest BCUT2D eigenvalue weighted by Gasteiger charge is -2.34. The van der Waals surface area contributed by atoms with Crippen LogP contribution in [0.2, 0.25) is 5.02 Å². The SMILES string of the molecule is O=C(O)C1Cc2cc(Cl)c(Sc3cccc[n+]3[O-])cc2NC1C(F)(F)F. The standard InChI is InChI=1S/C16H12ClF3N2O3S/c17-10-6-8-5-9(15(23)24)14(16(18,19)20)21-11(8)7-12(10)26-13-3-1-2-4-22(13)25/h1-4,6-7,9,14,21H,5H2,(H,23,24). The van der Waals surface area contributed by atoms with E-state index in [1.54, 1.807) is 18.2 Å². The van der Waals surface area contributed by atoms with Crippen molar-refractivity contribution < 1.29 is 27.8 Å². The number of halogens is 4. The number of carbonyl (C=O) groups is 1. The van der Waals surface area contributed by atoms with Crippen molar-refractivity contribution in [3.05, 3.63) is 52.3 Å². The molecule has 1 aromatic heterocycles. The summed E-state index contributed by atoms with van der Waals surface area (Å²) in [6.45, 7) is 0. The Labute approximate surface area is 155 Å². The van der Waals surface area contributed by atoms with Crippen LogP contribution in [0.25, 0.3) is 0 Å². The first-order chi connectivity index (χ1) is 12.2. The molecule has 5 nitrogen and oxygen atoms in total. The van der Waals surface area contributed by atoms with E-state index in [-0.39, 0.29) is 17.1 Å². The molecule has 0 radical (unpaired) electrons. The number of benzene rings is 1. The summed E-state index contributed by atoms with van der Waals surface area (Å²) in [6.07, 6.45) is -3.71. The van der Waals surface area contributed by atoms with Gasteiger partial charge in [0.25, 0.3) is 5.03 Å². The smallest absolute Gasteiger partial charge is 0.409 e. The van der Waals surface area contributed by atoms with Crippen LogP contribution in [-0.2, 0) is 11.2 Å². The molecule has 0 saturated heterocycles. The molecule has 138 valence electrons. The first-order valence-corrected chi connectivity index (χ1v) is 8.61. The Morgan fingerprint density at radius 1 is 1.38 bits per heavy atom. The molecule has 1 aliphatic heterocycles. The maximum absolute atomic E-state index is 13.2. The third-order valence-corrected chi connectivity index (χ3v) is 5.49. The average molecular weight is 405 g/mol. The molecule has 3 rings (SSSR count). The molecular weight excluding hydrogens is 393 g/mol. The average Bonchev–Trinajstić information content (AvgIpc) is 2.55. The van der Waals surface area contributed by atoms with Crippen LogP contribution in [0.5, 0.6) is 0 Å². The van der Waals surface area contributed by atoms with Gasteiger partial charge in [-0.15, -0.1) is 0 Å². The molecule has 1 aromatic carbocycles. The number of hydrogen-bond donors (Lipinski definition) is 2. The van der Waals surface area contributed by atoms with E-state index in [2.05, 4.69) is 5.32 Å². The summed E-state index contributed by atoms with van der Waals surface area (Å²) in [4.78, 5) is 11.6. The number of aliphatic carboxylic acids is 1. The predicted molar refractivity (Wildman–Crippen MR) is 89.3 cm³/mol. The Bertz CT molecular complexity index is 863. The Kier molecular flexibility index (Phi) is 4.94. The lowest BCUT2D eigenvalue weighted by molar-refractivity contribution is -0.645. The monoisotopic (exact) mass is 404 g/mol. The largest absolute Gasteiger partial charge is 0.618 e. The molecule has 10 heteroatoms. The number of rotatable bonds is 3. The third kappa shape index (κ3) is 3.68. The molecule has 2 unspecified atom stereocenters. The molecule has 2 heterocycles. The van der Waals surface area contributed by atoms with Crippen LogP contribution in [0.1, 0.15) is 5.56 Å². The first-order valence-electron chi connectivity index (χ1n) is 7.41. The van der Waals surface area contributed by atoms with E-state index < -0.39 is 24.1 Å². The quantitative estimate of drug-likeness (QED) is 0.602. The van der Waals surface area contributed by atoms with E-state index in [0.29, 0.717) is 20.2 Å². The van der Waals surface area contributed by atoms with Crippen LogP contribution in [-0.4, -0.2) is 23.3 Å². The molecule has 2 aromatic rings. The van der Waals surface area contributed by atoms with Gasteiger partial charge >= 0.3 is 12.1 Å². The number of nitrogens with one attached hydrogen (secondary N) is 1. The van der Waals surface area contributed by atoms with Crippen molar-refractivity contribution in [2.24, 2.45) is 5.92 Å². The van der Waals surface area contributed by atoms with Gasteiger partial charge < -0.3 is 15.6 Å². The van der Waals surface area contributed by atoms with E-state index in [9.17, 15) is 23.2 Å². The van der Waals surface area contributed by atoms with Gasteiger partial charge in [-0.1, -0.05) is 11.6 Å². The van der Waals surface area contributed by atoms with Crippen molar-refractivity contribution in [1.82, 2.24) is 0 Å². The number of alkyl halides is 3. The van der Waals surface area contributed by atoms with Crippen LogP contribution >= 0.6 is 23.4 Å². The second kappa shape index (κ2) is 6.88. The molecular formula is C16H12ClF3N2O3S. The summed E-state index contributed by atoms with van der Waals surface area (Å²) >= 11 is 7.20. The number of hydrogen-bond acceptors (Lipinski definition) is 4. The number of fused-ring (bicyclic) bond motifs is 1. The number of aromatic nitrogens is 1. The van der Waals surface area contributed by atoms with E-state index in [1.807, 2.05) is 0 Å². The van der Waals surface area contributed by atoms with Crippen LogP contribution in [0.15, 0.2) is 46.5 Å². The van der Waals surface area contributed by atoms with Gasteiger partial charge in [0.05, 0.1) is 10.9 Å². The maximum Gasteiger partial charge on any atom is 0.409 e. The Hall–Kier alpha value is -2.13. The second-order valence-electron chi connectivity index (χ2n) is 5.72. The topological polar surface area (TPSA) is 76.3 Å². The number of anilines is 1. The number of nitrogens with zero attached hydrogens (tertiary/aromatic N) is 1. The maximum atomic E-state index is 13.2. The van der Waals surface area contributed by atoms with Gasteiger partial charge in [0.2, 0.25) is 0 Å². The molecule has 0 bridgehead atoms.